The molecule has 0 heterocycles. The van der Waals surface area contributed by atoms with Crippen molar-refractivity contribution in [3.05, 3.63) is 29.8 Å². The highest BCUT2D eigenvalue weighted by molar-refractivity contribution is 5.86. The van der Waals surface area contributed by atoms with E-state index in [2.05, 4.69) is 34.8 Å². The minimum atomic E-state index is -0.0806. The van der Waals surface area contributed by atoms with Crippen LogP contribution in [-0.2, 0) is 11.3 Å². The van der Waals surface area contributed by atoms with Crippen molar-refractivity contribution in [1.82, 2.24) is 16.0 Å². The summed E-state index contributed by atoms with van der Waals surface area (Å²) < 4.78 is 5.10. The zero-order valence-corrected chi connectivity index (χ0v) is 13.8. The molecule has 0 fully saturated rings. The Kier molecular flexibility index (Phi) is 7.81. The zero-order chi connectivity index (χ0) is 16.4. The van der Waals surface area contributed by atoms with Gasteiger partial charge in [-0.15, -0.1) is 0 Å². The van der Waals surface area contributed by atoms with Gasteiger partial charge in [-0.2, -0.15) is 0 Å². The third-order valence-corrected chi connectivity index (χ3v) is 3.28. The summed E-state index contributed by atoms with van der Waals surface area (Å²) in [5, 5.41) is 9.06. The minimum Gasteiger partial charge on any atom is -0.497 e. The second kappa shape index (κ2) is 9.65. The quantitative estimate of drug-likeness (QED) is 0.524. The van der Waals surface area contributed by atoms with Crippen LogP contribution in [0.1, 0.15) is 25.8 Å². The van der Waals surface area contributed by atoms with Crippen molar-refractivity contribution in [2.45, 2.75) is 32.9 Å². The molecule has 1 aromatic carbocycles. The number of benzene rings is 1. The van der Waals surface area contributed by atoms with Gasteiger partial charge in [0.05, 0.1) is 13.7 Å². The number of rotatable bonds is 7. The standard InChI is InChI=1S/C16H26N4O2/c1-5-12(2)20-16(17-3)19-11-15(21)18-10-13-6-8-14(22-4)9-7-13/h6-9,12H,5,10-11H2,1-4H3,(H,18,21)(H2,17,19,20). The van der Waals surface area contributed by atoms with Crippen molar-refractivity contribution in [1.29, 1.82) is 0 Å². The van der Waals surface area contributed by atoms with Crippen LogP contribution < -0.4 is 20.7 Å². The van der Waals surface area contributed by atoms with Gasteiger partial charge in [-0.1, -0.05) is 19.1 Å². The number of hydrogen-bond acceptors (Lipinski definition) is 3. The van der Waals surface area contributed by atoms with Crippen molar-refractivity contribution >= 4 is 11.9 Å². The SMILES string of the molecule is CCC(C)NC(=NC)NCC(=O)NCc1ccc(OC)cc1. The average Bonchev–Trinajstić information content (AvgIpc) is 2.56. The number of amides is 1. The number of ether oxygens (including phenoxy) is 1. The summed E-state index contributed by atoms with van der Waals surface area (Å²) in [5.41, 5.74) is 1.02. The first kappa shape index (κ1) is 17.8. The van der Waals surface area contributed by atoms with Crippen molar-refractivity contribution in [2.24, 2.45) is 4.99 Å². The van der Waals surface area contributed by atoms with Gasteiger partial charge >= 0.3 is 0 Å². The molecule has 0 bridgehead atoms. The molecule has 1 rings (SSSR count). The summed E-state index contributed by atoms with van der Waals surface area (Å²) in [4.78, 5) is 15.9. The van der Waals surface area contributed by atoms with Crippen LogP contribution in [0.3, 0.4) is 0 Å². The van der Waals surface area contributed by atoms with Crippen LogP contribution >= 0.6 is 0 Å². The summed E-state index contributed by atoms with van der Waals surface area (Å²) >= 11 is 0. The molecule has 6 heteroatoms. The van der Waals surface area contributed by atoms with E-state index in [1.165, 1.54) is 0 Å². The fourth-order valence-electron chi connectivity index (χ4n) is 1.70. The highest BCUT2D eigenvalue weighted by Crippen LogP contribution is 2.10. The Morgan fingerprint density at radius 2 is 1.95 bits per heavy atom. The van der Waals surface area contributed by atoms with E-state index in [9.17, 15) is 4.79 Å². The first-order chi connectivity index (χ1) is 10.6. The molecule has 0 saturated carbocycles. The van der Waals surface area contributed by atoms with E-state index in [-0.39, 0.29) is 12.5 Å². The Morgan fingerprint density at radius 3 is 2.50 bits per heavy atom. The van der Waals surface area contributed by atoms with Gasteiger partial charge in [-0.05, 0) is 31.0 Å². The lowest BCUT2D eigenvalue weighted by Crippen LogP contribution is -2.45. The number of carbonyl (C=O) groups is 1. The molecule has 1 amide bonds. The van der Waals surface area contributed by atoms with Crippen LogP contribution in [0.2, 0.25) is 0 Å². The zero-order valence-electron chi connectivity index (χ0n) is 13.8. The molecular weight excluding hydrogens is 280 g/mol. The van der Waals surface area contributed by atoms with Gasteiger partial charge in [-0.25, -0.2) is 0 Å². The average molecular weight is 306 g/mol. The minimum absolute atomic E-state index is 0.0806. The predicted molar refractivity (Wildman–Crippen MR) is 89.1 cm³/mol. The monoisotopic (exact) mass is 306 g/mol. The Labute approximate surface area is 132 Å². The third-order valence-electron chi connectivity index (χ3n) is 3.28. The van der Waals surface area contributed by atoms with Crippen molar-refractivity contribution < 1.29 is 9.53 Å². The van der Waals surface area contributed by atoms with Crippen LogP contribution in [0.25, 0.3) is 0 Å². The van der Waals surface area contributed by atoms with Crippen molar-refractivity contribution in [2.75, 3.05) is 20.7 Å². The predicted octanol–water partition coefficient (Wildman–Crippen LogP) is 1.27. The van der Waals surface area contributed by atoms with Gasteiger partial charge < -0.3 is 20.7 Å². The molecule has 122 valence electrons. The van der Waals surface area contributed by atoms with Gasteiger partial charge in [0.2, 0.25) is 5.91 Å². The smallest absolute Gasteiger partial charge is 0.239 e. The van der Waals surface area contributed by atoms with Gasteiger partial charge in [0.1, 0.15) is 5.75 Å². The number of nitrogens with zero attached hydrogens (tertiary/aromatic N) is 1. The molecule has 22 heavy (non-hydrogen) atoms. The van der Waals surface area contributed by atoms with E-state index < -0.39 is 0 Å². The lowest BCUT2D eigenvalue weighted by molar-refractivity contribution is -0.120. The van der Waals surface area contributed by atoms with Gasteiger partial charge in [0.15, 0.2) is 5.96 Å². The van der Waals surface area contributed by atoms with Crippen molar-refractivity contribution in [3.63, 3.8) is 0 Å². The first-order valence-corrected chi connectivity index (χ1v) is 7.45. The maximum Gasteiger partial charge on any atom is 0.239 e. The van der Waals surface area contributed by atoms with E-state index >= 15 is 0 Å². The van der Waals surface area contributed by atoms with Crippen LogP contribution in [0.15, 0.2) is 29.3 Å². The van der Waals surface area contributed by atoms with Gasteiger partial charge in [-0.3, -0.25) is 9.79 Å². The van der Waals surface area contributed by atoms with Crippen LogP contribution in [0.4, 0.5) is 0 Å². The number of guanidine groups is 1. The summed E-state index contributed by atoms with van der Waals surface area (Å²) in [5.74, 6) is 1.36. The van der Waals surface area contributed by atoms with Crippen LogP contribution in [0.5, 0.6) is 5.75 Å². The van der Waals surface area contributed by atoms with Crippen molar-refractivity contribution in [3.8, 4) is 5.75 Å². The highest BCUT2D eigenvalue weighted by Gasteiger charge is 2.05. The molecule has 6 nitrogen and oxygen atoms in total. The molecule has 1 unspecified atom stereocenters. The fraction of sp³-hybridized carbons (Fsp3) is 0.500. The number of aliphatic imine (C=N–C) groups is 1. The second-order valence-electron chi connectivity index (χ2n) is 5.00. The highest BCUT2D eigenvalue weighted by atomic mass is 16.5. The van der Waals surface area contributed by atoms with Gasteiger partial charge in [0, 0.05) is 19.6 Å². The van der Waals surface area contributed by atoms with Gasteiger partial charge in [0.25, 0.3) is 0 Å². The van der Waals surface area contributed by atoms with Crippen LogP contribution in [0, 0.1) is 0 Å². The molecule has 1 aromatic rings. The molecule has 0 aliphatic rings. The molecular formula is C16H26N4O2. The number of hydrogen-bond donors (Lipinski definition) is 3. The molecule has 1 atom stereocenters. The largest absolute Gasteiger partial charge is 0.497 e. The van der Waals surface area contributed by atoms with E-state index in [0.717, 1.165) is 17.7 Å². The van der Waals surface area contributed by atoms with E-state index in [1.807, 2.05) is 24.3 Å². The lowest BCUT2D eigenvalue weighted by Gasteiger charge is -2.16. The summed E-state index contributed by atoms with van der Waals surface area (Å²) in [6.07, 6.45) is 0.990. The first-order valence-electron chi connectivity index (χ1n) is 7.45. The lowest BCUT2D eigenvalue weighted by atomic mass is 10.2. The fourth-order valence-corrected chi connectivity index (χ4v) is 1.70. The molecule has 0 spiro atoms. The number of methoxy groups -OCH3 is 1. The molecule has 0 radical (unpaired) electrons. The molecule has 0 aliphatic carbocycles. The molecule has 3 N–H and O–H groups in total. The maximum atomic E-state index is 11.8. The van der Waals surface area contributed by atoms with E-state index in [0.29, 0.717) is 18.5 Å². The molecule has 0 aromatic heterocycles. The van der Waals surface area contributed by atoms with Crippen LogP contribution in [-0.4, -0.2) is 38.6 Å². The third kappa shape index (κ3) is 6.47. The Bertz CT molecular complexity index is 485. The summed E-state index contributed by atoms with van der Waals surface area (Å²) in [6.45, 7) is 4.83. The second-order valence-corrected chi connectivity index (χ2v) is 5.00. The van der Waals surface area contributed by atoms with E-state index in [4.69, 9.17) is 4.74 Å². The number of nitrogens with one attached hydrogen (secondary N) is 3. The normalized spacial score (nSPS) is 12.5. The number of carbonyl (C=O) groups excluding carboxylic acids is 1. The summed E-state index contributed by atoms with van der Waals surface area (Å²) in [6, 6.07) is 7.91. The summed E-state index contributed by atoms with van der Waals surface area (Å²) in [7, 11) is 3.32. The molecule has 0 aliphatic heterocycles. The Hall–Kier alpha value is -2.24. The Morgan fingerprint density at radius 1 is 1.27 bits per heavy atom. The Balaban J connectivity index is 2.33. The van der Waals surface area contributed by atoms with E-state index in [1.54, 1.807) is 14.2 Å². The molecule has 0 saturated heterocycles. The topological polar surface area (TPSA) is 74.8 Å². The maximum absolute atomic E-state index is 11.8.